The Labute approximate surface area is 142 Å². The number of tetrazole rings is 1. The molecule has 0 N–H and O–H groups in total. The molecule has 2 aromatic heterocycles. The van der Waals surface area contributed by atoms with Crippen LogP contribution in [0.25, 0.3) is 5.69 Å². The number of thiophene rings is 1. The summed E-state index contributed by atoms with van der Waals surface area (Å²) in [5.41, 5.74) is 4.41. The van der Waals surface area contributed by atoms with Crippen LogP contribution in [-0.2, 0) is 0 Å². The van der Waals surface area contributed by atoms with Gasteiger partial charge in [0.1, 0.15) is 0 Å². The molecule has 2 heterocycles. The van der Waals surface area contributed by atoms with Crippen molar-refractivity contribution in [2.75, 3.05) is 5.75 Å². The molecule has 1 aromatic carbocycles. The molecule has 7 heteroatoms. The van der Waals surface area contributed by atoms with Gasteiger partial charge < -0.3 is 0 Å². The molecule has 118 valence electrons. The smallest absolute Gasteiger partial charge is 0.214 e. The number of carbonyl (C=O) groups is 1. The van der Waals surface area contributed by atoms with Crippen LogP contribution in [0.1, 0.15) is 26.4 Å². The first-order valence-corrected chi connectivity index (χ1v) is 8.99. The van der Waals surface area contributed by atoms with E-state index in [2.05, 4.69) is 34.6 Å². The van der Waals surface area contributed by atoms with Crippen LogP contribution in [0.3, 0.4) is 0 Å². The van der Waals surface area contributed by atoms with Crippen molar-refractivity contribution in [2.24, 2.45) is 0 Å². The van der Waals surface area contributed by atoms with Gasteiger partial charge in [0.15, 0.2) is 5.78 Å². The summed E-state index contributed by atoms with van der Waals surface area (Å²) in [5.74, 6) is 0.419. The van der Waals surface area contributed by atoms with E-state index in [-0.39, 0.29) is 5.78 Å². The fourth-order valence-electron chi connectivity index (χ4n) is 2.55. The van der Waals surface area contributed by atoms with Gasteiger partial charge in [-0.1, -0.05) is 35.5 Å². The van der Waals surface area contributed by atoms with Gasteiger partial charge in [0.05, 0.1) is 16.3 Å². The van der Waals surface area contributed by atoms with Gasteiger partial charge >= 0.3 is 0 Å². The molecule has 23 heavy (non-hydrogen) atoms. The van der Waals surface area contributed by atoms with Crippen LogP contribution >= 0.6 is 23.1 Å². The number of benzene rings is 1. The van der Waals surface area contributed by atoms with Gasteiger partial charge in [-0.3, -0.25) is 4.79 Å². The van der Waals surface area contributed by atoms with E-state index in [0.29, 0.717) is 10.9 Å². The lowest BCUT2D eigenvalue weighted by Gasteiger charge is -2.11. The molecule has 0 atom stereocenters. The van der Waals surface area contributed by atoms with E-state index >= 15 is 0 Å². The second-order valence-corrected chi connectivity index (χ2v) is 7.20. The lowest BCUT2D eigenvalue weighted by Crippen LogP contribution is -2.06. The van der Waals surface area contributed by atoms with E-state index in [1.165, 1.54) is 28.7 Å². The van der Waals surface area contributed by atoms with Crippen LogP contribution in [-0.4, -0.2) is 31.7 Å². The lowest BCUT2D eigenvalue weighted by molar-refractivity contribution is 0.102. The van der Waals surface area contributed by atoms with E-state index in [1.54, 1.807) is 4.68 Å². The van der Waals surface area contributed by atoms with Gasteiger partial charge in [0, 0.05) is 0 Å². The molecule has 0 aliphatic rings. The highest BCUT2D eigenvalue weighted by atomic mass is 32.2. The van der Waals surface area contributed by atoms with E-state index in [1.807, 2.05) is 31.4 Å². The summed E-state index contributed by atoms with van der Waals surface area (Å²) >= 11 is 2.81. The Hall–Kier alpha value is -1.99. The van der Waals surface area contributed by atoms with Crippen LogP contribution in [0.2, 0.25) is 0 Å². The fraction of sp³-hybridized carbons (Fsp3) is 0.250. The third-order valence-corrected chi connectivity index (χ3v) is 5.25. The molecule has 0 radical (unpaired) electrons. The van der Waals surface area contributed by atoms with Crippen LogP contribution in [0.4, 0.5) is 0 Å². The van der Waals surface area contributed by atoms with Crippen LogP contribution < -0.4 is 0 Å². The minimum Gasteiger partial charge on any atom is -0.292 e. The fourth-order valence-corrected chi connectivity index (χ4v) is 4.07. The number of hydrogen-bond acceptors (Lipinski definition) is 6. The number of rotatable bonds is 5. The number of aromatic nitrogens is 4. The maximum atomic E-state index is 12.1. The summed E-state index contributed by atoms with van der Waals surface area (Å²) in [5, 5.41) is 14.5. The second-order valence-electron chi connectivity index (χ2n) is 5.31. The molecular formula is C16H16N4OS2. The van der Waals surface area contributed by atoms with Crippen molar-refractivity contribution in [3.63, 3.8) is 0 Å². The Balaban J connectivity index is 1.85. The van der Waals surface area contributed by atoms with Crippen molar-refractivity contribution in [1.29, 1.82) is 0 Å². The highest BCUT2D eigenvalue weighted by molar-refractivity contribution is 7.99. The summed E-state index contributed by atoms with van der Waals surface area (Å²) in [6, 6.07) is 7.93. The van der Waals surface area contributed by atoms with Crippen molar-refractivity contribution in [3.05, 3.63) is 51.2 Å². The number of nitrogens with zero attached hydrogens (tertiary/aromatic N) is 4. The maximum Gasteiger partial charge on any atom is 0.214 e. The number of carbonyl (C=O) groups excluding carboxylic acids is 1. The van der Waals surface area contributed by atoms with Crippen LogP contribution in [0.5, 0.6) is 0 Å². The molecule has 5 nitrogen and oxygen atoms in total. The van der Waals surface area contributed by atoms with Gasteiger partial charge in [0.2, 0.25) is 5.16 Å². The summed E-state index contributed by atoms with van der Waals surface area (Å²) in [6.07, 6.45) is 0. The molecule has 3 rings (SSSR count). The van der Waals surface area contributed by atoms with Gasteiger partial charge in [-0.2, -0.15) is 4.68 Å². The predicted octanol–water partition coefficient (Wildman–Crippen LogP) is 3.62. The zero-order valence-electron chi connectivity index (χ0n) is 13.1. The van der Waals surface area contributed by atoms with Crippen molar-refractivity contribution >= 4 is 28.9 Å². The molecular weight excluding hydrogens is 328 g/mol. The Morgan fingerprint density at radius 3 is 2.65 bits per heavy atom. The monoisotopic (exact) mass is 344 g/mol. The Morgan fingerprint density at radius 1 is 1.26 bits per heavy atom. The highest BCUT2D eigenvalue weighted by Crippen LogP contribution is 2.25. The van der Waals surface area contributed by atoms with E-state index in [0.717, 1.165) is 21.7 Å². The van der Waals surface area contributed by atoms with Crippen molar-refractivity contribution < 1.29 is 4.79 Å². The van der Waals surface area contributed by atoms with E-state index < -0.39 is 0 Å². The van der Waals surface area contributed by atoms with Gasteiger partial charge in [-0.15, -0.1) is 16.4 Å². The second kappa shape index (κ2) is 6.64. The molecule has 0 unspecified atom stereocenters. The SMILES string of the molecule is Cc1cc(C)c(-n2nnnc2SCC(=O)c2cccs2)c(C)c1. The zero-order valence-corrected chi connectivity index (χ0v) is 14.7. The number of ketones is 1. The predicted molar refractivity (Wildman–Crippen MR) is 92.7 cm³/mol. The third-order valence-electron chi connectivity index (χ3n) is 3.42. The molecule has 0 saturated carbocycles. The minimum absolute atomic E-state index is 0.0944. The largest absolute Gasteiger partial charge is 0.292 e. The number of aryl methyl sites for hydroxylation is 3. The third kappa shape index (κ3) is 3.35. The normalized spacial score (nSPS) is 10.9. The standard InChI is InChI=1S/C16H16N4OS2/c1-10-7-11(2)15(12(3)8-10)20-16(17-18-19-20)23-9-13(21)14-5-4-6-22-14/h4-8H,9H2,1-3H3. The highest BCUT2D eigenvalue weighted by Gasteiger charge is 2.16. The van der Waals surface area contributed by atoms with Crippen molar-refractivity contribution in [1.82, 2.24) is 20.2 Å². The Kier molecular flexibility index (Phi) is 4.58. The average molecular weight is 344 g/mol. The van der Waals surface area contributed by atoms with Gasteiger partial charge in [-0.25, -0.2) is 0 Å². The molecule has 0 saturated heterocycles. The molecule has 0 fully saturated rings. The number of hydrogen-bond donors (Lipinski definition) is 0. The van der Waals surface area contributed by atoms with E-state index in [4.69, 9.17) is 0 Å². The molecule has 0 aliphatic heterocycles. The van der Waals surface area contributed by atoms with Crippen molar-refractivity contribution in [2.45, 2.75) is 25.9 Å². The van der Waals surface area contributed by atoms with Crippen molar-refractivity contribution in [3.8, 4) is 5.69 Å². The first kappa shape index (κ1) is 15.9. The van der Waals surface area contributed by atoms with E-state index in [9.17, 15) is 4.79 Å². The minimum atomic E-state index is 0.0944. The summed E-state index contributed by atoms with van der Waals surface area (Å²) in [6.45, 7) is 6.16. The van der Waals surface area contributed by atoms with Crippen LogP contribution in [0, 0.1) is 20.8 Å². The zero-order chi connectivity index (χ0) is 16.4. The number of Topliss-reactive ketones (excluding diaryl/α,β-unsaturated/α-hetero) is 1. The Morgan fingerprint density at radius 2 is 2.00 bits per heavy atom. The quantitative estimate of drug-likeness (QED) is 0.522. The molecule has 0 spiro atoms. The first-order valence-electron chi connectivity index (χ1n) is 7.12. The Bertz CT molecular complexity index is 817. The topological polar surface area (TPSA) is 60.7 Å². The summed E-state index contributed by atoms with van der Waals surface area (Å²) in [7, 11) is 0. The summed E-state index contributed by atoms with van der Waals surface area (Å²) in [4.78, 5) is 12.9. The maximum absolute atomic E-state index is 12.1. The van der Waals surface area contributed by atoms with Gasteiger partial charge in [0.25, 0.3) is 0 Å². The molecule has 0 amide bonds. The molecule has 0 bridgehead atoms. The molecule has 0 aliphatic carbocycles. The lowest BCUT2D eigenvalue weighted by atomic mass is 10.1. The summed E-state index contributed by atoms with van der Waals surface area (Å²) < 4.78 is 1.72. The average Bonchev–Trinajstić information content (AvgIpc) is 3.15. The number of thioether (sulfide) groups is 1. The first-order chi connectivity index (χ1) is 11.1. The van der Waals surface area contributed by atoms with Gasteiger partial charge in [-0.05, 0) is 53.8 Å². The van der Waals surface area contributed by atoms with Crippen LogP contribution in [0.15, 0.2) is 34.8 Å². The molecule has 3 aromatic rings.